The third kappa shape index (κ3) is 3.35. The van der Waals surface area contributed by atoms with Crippen LogP contribution in [0.4, 0.5) is 5.82 Å². The minimum Gasteiger partial charge on any atom is -0.334 e. The number of benzene rings is 1. The molecule has 4 rings (SSSR count). The number of rotatable bonds is 2. The molecule has 6 nitrogen and oxygen atoms in total. The molecule has 2 aromatic rings. The molecule has 3 heterocycles. The lowest BCUT2D eigenvalue weighted by Gasteiger charge is -2.20. The molecular weight excluding hydrogens is 348 g/mol. The number of carbonyl (C=O) groups is 2. The second kappa shape index (κ2) is 7.53. The number of thioether (sulfide) groups is 1. The van der Waals surface area contributed by atoms with Gasteiger partial charge in [0, 0.05) is 30.2 Å². The van der Waals surface area contributed by atoms with Crippen molar-refractivity contribution in [2.24, 2.45) is 0 Å². The van der Waals surface area contributed by atoms with Crippen molar-refractivity contribution in [2.75, 3.05) is 18.4 Å². The number of fused-ring (bicyclic) bond motifs is 1. The molecule has 2 aliphatic heterocycles. The van der Waals surface area contributed by atoms with Crippen LogP contribution in [0.5, 0.6) is 0 Å². The normalized spacial score (nSPS) is 16.8. The van der Waals surface area contributed by atoms with Gasteiger partial charge in [-0.15, -0.1) is 0 Å². The van der Waals surface area contributed by atoms with Gasteiger partial charge in [-0.2, -0.15) is 16.9 Å². The summed E-state index contributed by atoms with van der Waals surface area (Å²) in [5, 5.41) is 7.52. The average Bonchev–Trinajstić information content (AvgIpc) is 3.14. The Morgan fingerprint density at radius 3 is 2.46 bits per heavy atom. The first-order chi connectivity index (χ1) is 12.7. The fourth-order valence-electron chi connectivity index (χ4n) is 3.48. The summed E-state index contributed by atoms with van der Waals surface area (Å²) >= 11 is 1.77. The highest BCUT2D eigenvalue weighted by Crippen LogP contribution is 2.36. The second-order valence-corrected chi connectivity index (χ2v) is 7.66. The van der Waals surface area contributed by atoms with E-state index in [1.165, 1.54) is 0 Å². The number of nitrogens with zero attached hydrogens (tertiary/aromatic N) is 3. The van der Waals surface area contributed by atoms with Crippen LogP contribution in [0.3, 0.4) is 0 Å². The molecule has 26 heavy (non-hydrogen) atoms. The summed E-state index contributed by atoms with van der Waals surface area (Å²) in [4.78, 5) is 26.9. The van der Waals surface area contributed by atoms with Gasteiger partial charge in [-0.3, -0.25) is 9.59 Å². The topological polar surface area (TPSA) is 67.2 Å². The van der Waals surface area contributed by atoms with Crippen LogP contribution in [0.2, 0.25) is 0 Å². The van der Waals surface area contributed by atoms with Crippen LogP contribution in [-0.2, 0) is 21.1 Å². The number of amides is 2. The Hall–Kier alpha value is -2.28. The first-order valence-corrected chi connectivity index (χ1v) is 10.2. The molecule has 136 valence electrons. The molecule has 0 bridgehead atoms. The maximum atomic E-state index is 12.7. The minimum atomic E-state index is -0.566. The SMILES string of the molecule is O=C(Nc1c2c(nn1-c1ccccc1)CSC2)C(=O)N1CCCCCC1. The molecule has 0 unspecified atom stereocenters. The van der Waals surface area contributed by atoms with Gasteiger partial charge >= 0.3 is 11.8 Å². The van der Waals surface area contributed by atoms with Crippen molar-refractivity contribution in [3.05, 3.63) is 41.6 Å². The van der Waals surface area contributed by atoms with Crippen molar-refractivity contribution in [1.82, 2.24) is 14.7 Å². The number of carbonyl (C=O) groups excluding carboxylic acids is 2. The molecule has 1 saturated heterocycles. The summed E-state index contributed by atoms with van der Waals surface area (Å²) in [6.07, 6.45) is 4.17. The molecule has 0 radical (unpaired) electrons. The van der Waals surface area contributed by atoms with Crippen LogP contribution >= 0.6 is 11.8 Å². The first-order valence-electron chi connectivity index (χ1n) is 9.08. The summed E-state index contributed by atoms with van der Waals surface area (Å²) < 4.78 is 1.75. The lowest BCUT2D eigenvalue weighted by molar-refractivity contribution is -0.143. The number of likely N-dealkylation sites (tertiary alicyclic amines) is 1. The summed E-state index contributed by atoms with van der Waals surface area (Å²) in [6.45, 7) is 1.33. The molecule has 1 fully saturated rings. The number of hydrogen-bond donors (Lipinski definition) is 1. The smallest absolute Gasteiger partial charge is 0.315 e. The number of hydrogen-bond acceptors (Lipinski definition) is 4. The molecule has 1 aromatic heterocycles. The summed E-state index contributed by atoms with van der Waals surface area (Å²) in [6, 6.07) is 9.70. The number of aromatic nitrogens is 2. The third-order valence-electron chi connectivity index (χ3n) is 4.87. The van der Waals surface area contributed by atoms with Crippen molar-refractivity contribution in [2.45, 2.75) is 37.2 Å². The maximum absolute atomic E-state index is 12.7. The summed E-state index contributed by atoms with van der Waals surface area (Å²) in [7, 11) is 0. The van der Waals surface area contributed by atoms with E-state index in [2.05, 4.69) is 10.4 Å². The predicted octanol–water partition coefficient (Wildman–Crippen LogP) is 2.96. The van der Waals surface area contributed by atoms with Crippen molar-refractivity contribution in [3.8, 4) is 5.69 Å². The van der Waals surface area contributed by atoms with Crippen LogP contribution in [0.15, 0.2) is 30.3 Å². The maximum Gasteiger partial charge on any atom is 0.315 e. The zero-order chi connectivity index (χ0) is 17.9. The van der Waals surface area contributed by atoms with E-state index in [4.69, 9.17) is 0 Å². The molecule has 2 aliphatic rings. The molecule has 0 saturated carbocycles. The van der Waals surface area contributed by atoms with Crippen LogP contribution in [0, 0.1) is 0 Å². The Labute approximate surface area is 156 Å². The van der Waals surface area contributed by atoms with Gasteiger partial charge in [0.15, 0.2) is 0 Å². The molecule has 0 aliphatic carbocycles. The molecule has 0 spiro atoms. The third-order valence-corrected chi connectivity index (χ3v) is 5.84. The Bertz CT molecular complexity index is 810. The second-order valence-electron chi connectivity index (χ2n) is 6.67. The van der Waals surface area contributed by atoms with E-state index >= 15 is 0 Å². The van der Waals surface area contributed by atoms with Crippen LogP contribution in [-0.4, -0.2) is 39.6 Å². The van der Waals surface area contributed by atoms with E-state index in [9.17, 15) is 9.59 Å². The fourth-order valence-corrected chi connectivity index (χ4v) is 4.51. The highest BCUT2D eigenvalue weighted by Gasteiger charge is 2.28. The van der Waals surface area contributed by atoms with E-state index in [0.717, 1.165) is 54.1 Å². The van der Waals surface area contributed by atoms with Crippen LogP contribution < -0.4 is 5.32 Å². The van der Waals surface area contributed by atoms with E-state index in [0.29, 0.717) is 18.9 Å². The van der Waals surface area contributed by atoms with E-state index in [-0.39, 0.29) is 0 Å². The van der Waals surface area contributed by atoms with Gasteiger partial charge < -0.3 is 10.2 Å². The van der Waals surface area contributed by atoms with Gasteiger partial charge in [0.05, 0.1) is 11.4 Å². The van der Waals surface area contributed by atoms with E-state index in [1.807, 2.05) is 30.3 Å². The average molecular weight is 370 g/mol. The largest absolute Gasteiger partial charge is 0.334 e. The van der Waals surface area contributed by atoms with Crippen molar-refractivity contribution < 1.29 is 9.59 Å². The standard InChI is InChI=1S/C19H22N4O2S/c24-18(19(25)22-10-6-1-2-7-11-22)20-17-15-12-26-13-16(15)21-23(17)14-8-4-3-5-9-14/h3-5,8-9H,1-2,6-7,10-13H2,(H,20,24). The van der Waals surface area contributed by atoms with Gasteiger partial charge in [0.2, 0.25) is 0 Å². The zero-order valence-corrected chi connectivity index (χ0v) is 15.4. The van der Waals surface area contributed by atoms with Crippen molar-refractivity contribution >= 4 is 29.4 Å². The Balaban J connectivity index is 1.59. The Kier molecular flexibility index (Phi) is 4.97. The summed E-state index contributed by atoms with van der Waals surface area (Å²) in [5.74, 6) is 1.26. The van der Waals surface area contributed by atoms with Gasteiger partial charge in [-0.25, -0.2) is 4.68 Å². The number of anilines is 1. The molecule has 2 amide bonds. The predicted molar refractivity (Wildman–Crippen MR) is 102 cm³/mol. The summed E-state index contributed by atoms with van der Waals surface area (Å²) in [5.41, 5.74) is 2.89. The molecule has 7 heteroatoms. The fraction of sp³-hybridized carbons (Fsp3) is 0.421. The van der Waals surface area contributed by atoms with E-state index in [1.54, 1.807) is 21.3 Å². The lowest BCUT2D eigenvalue weighted by atomic mass is 10.2. The zero-order valence-electron chi connectivity index (χ0n) is 14.6. The molecule has 1 N–H and O–H groups in total. The van der Waals surface area contributed by atoms with Crippen molar-refractivity contribution in [3.63, 3.8) is 0 Å². The Morgan fingerprint density at radius 1 is 1.00 bits per heavy atom. The molecule has 0 atom stereocenters. The monoisotopic (exact) mass is 370 g/mol. The highest BCUT2D eigenvalue weighted by molar-refractivity contribution is 7.98. The quantitative estimate of drug-likeness (QED) is 0.826. The van der Waals surface area contributed by atoms with Gasteiger partial charge in [-0.1, -0.05) is 31.0 Å². The molecular formula is C19H22N4O2S. The highest BCUT2D eigenvalue weighted by atomic mass is 32.2. The first kappa shape index (κ1) is 17.1. The minimum absolute atomic E-state index is 0.438. The molecule has 1 aromatic carbocycles. The van der Waals surface area contributed by atoms with Gasteiger partial charge in [0.25, 0.3) is 0 Å². The van der Waals surface area contributed by atoms with Gasteiger partial charge in [-0.05, 0) is 25.0 Å². The van der Waals surface area contributed by atoms with Crippen LogP contribution in [0.25, 0.3) is 5.69 Å². The van der Waals surface area contributed by atoms with Gasteiger partial charge in [0.1, 0.15) is 5.82 Å². The van der Waals surface area contributed by atoms with Crippen LogP contribution in [0.1, 0.15) is 36.9 Å². The Morgan fingerprint density at radius 2 is 1.73 bits per heavy atom. The number of para-hydroxylation sites is 1. The van der Waals surface area contributed by atoms with Crippen molar-refractivity contribution in [1.29, 1.82) is 0 Å². The van der Waals surface area contributed by atoms with E-state index < -0.39 is 11.8 Å². The number of nitrogens with one attached hydrogen (secondary N) is 1. The lowest BCUT2D eigenvalue weighted by Crippen LogP contribution is -2.40.